The Morgan fingerprint density at radius 2 is 1.82 bits per heavy atom. The van der Waals surface area contributed by atoms with Gasteiger partial charge in [-0.3, -0.25) is 14.9 Å². The first-order valence-electron chi connectivity index (χ1n) is 11.7. The van der Waals surface area contributed by atoms with E-state index in [9.17, 15) is 23.3 Å². The standard InChI is InChI=1S/C26H26N4O6S2/c1-3-28(18-19-7-5-4-6-8-19)38(34,35)22-12-9-20(10-13-22)25(31)27-26-29(15-16-36-2)23-14-11-21(30(32)33)17-24(23)37-26/h4-14,17H,3,15-16,18H2,1-2H3. The molecule has 1 aromatic heterocycles. The van der Waals surface area contributed by atoms with E-state index in [-0.39, 0.29) is 22.7 Å². The molecule has 0 bridgehead atoms. The molecule has 1 heterocycles. The number of thiazole rings is 1. The van der Waals surface area contributed by atoms with Gasteiger partial charge in [0, 0.05) is 44.4 Å². The predicted molar refractivity (Wildman–Crippen MR) is 144 cm³/mol. The molecule has 0 aliphatic heterocycles. The van der Waals surface area contributed by atoms with Crippen LogP contribution < -0.4 is 4.80 Å². The number of carbonyl (C=O) groups is 1. The van der Waals surface area contributed by atoms with Crippen molar-refractivity contribution in [1.29, 1.82) is 0 Å². The Balaban J connectivity index is 1.63. The average Bonchev–Trinajstić information content (AvgIpc) is 3.26. The Morgan fingerprint density at radius 3 is 2.45 bits per heavy atom. The lowest BCUT2D eigenvalue weighted by Gasteiger charge is -2.20. The number of rotatable bonds is 10. The van der Waals surface area contributed by atoms with Crippen molar-refractivity contribution < 1.29 is 22.9 Å². The molecule has 12 heteroatoms. The van der Waals surface area contributed by atoms with Crippen molar-refractivity contribution in [3.05, 3.63) is 98.8 Å². The zero-order valence-electron chi connectivity index (χ0n) is 20.8. The van der Waals surface area contributed by atoms with E-state index in [4.69, 9.17) is 4.74 Å². The van der Waals surface area contributed by atoms with Gasteiger partial charge in [0.25, 0.3) is 11.6 Å². The van der Waals surface area contributed by atoms with Gasteiger partial charge >= 0.3 is 0 Å². The Kier molecular flexibility index (Phi) is 8.47. The summed E-state index contributed by atoms with van der Waals surface area (Å²) in [6.45, 7) is 3.05. The number of nitro benzene ring substituents is 1. The molecule has 0 spiro atoms. The highest BCUT2D eigenvalue weighted by Gasteiger charge is 2.23. The van der Waals surface area contributed by atoms with Crippen molar-refractivity contribution in [2.45, 2.75) is 24.9 Å². The SMILES string of the molecule is CCN(Cc1ccccc1)S(=O)(=O)c1ccc(C(=O)N=c2sc3cc([N+](=O)[O-])ccc3n2CCOC)cc1. The van der Waals surface area contributed by atoms with Gasteiger partial charge in [0.1, 0.15) is 0 Å². The maximum absolute atomic E-state index is 13.2. The normalized spacial score (nSPS) is 12.3. The molecule has 3 aromatic carbocycles. The molecule has 198 valence electrons. The van der Waals surface area contributed by atoms with Gasteiger partial charge in [-0.15, -0.1) is 0 Å². The van der Waals surface area contributed by atoms with Crippen molar-refractivity contribution in [3.8, 4) is 0 Å². The molecule has 4 aromatic rings. The molecule has 10 nitrogen and oxygen atoms in total. The van der Waals surface area contributed by atoms with Gasteiger partial charge < -0.3 is 9.30 Å². The third-order valence-electron chi connectivity index (χ3n) is 5.89. The smallest absolute Gasteiger partial charge is 0.279 e. The van der Waals surface area contributed by atoms with E-state index in [0.29, 0.717) is 34.7 Å². The largest absolute Gasteiger partial charge is 0.383 e. The molecule has 0 aliphatic carbocycles. The summed E-state index contributed by atoms with van der Waals surface area (Å²) in [6, 6.07) is 19.5. The summed E-state index contributed by atoms with van der Waals surface area (Å²) < 4.78 is 35.4. The van der Waals surface area contributed by atoms with Gasteiger partial charge in [-0.05, 0) is 35.9 Å². The molecular formula is C26H26N4O6S2. The van der Waals surface area contributed by atoms with Crippen LogP contribution >= 0.6 is 11.3 Å². The van der Waals surface area contributed by atoms with Gasteiger partial charge in [-0.2, -0.15) is 9.30 Å². The van der Waals surface area contributed by atoms with Crippen LogP contribution in [0.25, 0.3) is 10.2 Å². The van der Waals surface area contributed by atoms with E-state index in [1.165, 1.54) is 40.7 Å². The van der Waals surface area contributed by atoms with Crippen molar-refractivity contribution >= 4 is 43.2 Å². The molecule has 0 saturated carbocycles. The second-order valence-corrected chi connectivity index (χ2v) is 11.2. The summed E-state index contributed by atoms with van der Waals surface area (Å²) in [5.74, 6) is -0.558. The molecule has 1 amide bonds. The number of methoxy groups -OCH3 is 1. The molecule has 0 atom stereocenters. The minimum Gasteiger partial charge on any atom is -0.383 e. The number of aromatic nitrogens is 1. The summed E-state index contributed by atoms with van der Waals surface area (Å²) in [5, 5.41) is 11.2. The summed E-state index contributed by atoms with van der Waals surface area (Å²) in [7, 11) is -2.22. The van der Waals surface area contributed by atoms with Crippen LogP contribution in [0.1, 0.15) is 22.8 Å². The second kappa shape index (κ2) is 11.8. The number of hydrogen-bond acceptors (Lipinski definition) is 7. The quantitative estimate of drug-likeness (QED) is 0.214. The molecule has 0 aliphatic rings. The Morgan fingerprint density at radius 1 is 1.11 bits per heavy atom. The Labute approximate surface area is 223 Å². The van der Waals surface area contributed by atoms with Crippen molar-refractivity contribution in [2.24, 2.45) is 4.99 Å². The second-order valence-electron chi connectivity index (χ2n) is 8.30. The molecule has 38 heavy (non-hydrogen) atoms. The molecule has 4 rings (SSSR count). The summed E-state index contributed by atoms with van der Waals surface area (Å²) >= 11 is 1.16. The highest BCUT2D eigenvalue weighted by Crippen LogP contribution is 2.24. The first kappa shape index (κ1) is 27.3. The maximum Gasteiger partial charge on any atom is 0.279 e. The number of sulfonamides is 1. The number of nitrogens with zero attached hydrogens (tertiary/aromatic N) is 4. The molecule has 0 unspecified atom stereocenters. The van der Waals surface area contributed by atoms with Gasteiger partial charge in [0.15, 0.2) is 4.80 Å². The summed E-state index contributed by atoms with van der Waals surface area (Å²) in [5.41, 5.74) is 1.74. The highest BCUT2D eigenvalue weighted by atomic mass is 32.2. The Bertz CT molecular complexity index is 1630. The van der Waals surface area contributed by atoms with E-state index in [2.05, 4.69) is 4.99 Å². The zero-order valence-corrected chi connectivity index (χ0v) is 22.4. The minimum atomic E-state index is -3.78. The minimum absolute atomic E-state index is 0.0549. The van der Waals surface area contributed by atoms with Crippen LogP contribution in [0.15, 0.2) is 82.7 Å². The van der Waals surface area contributed by atoms with E-state index in [0.717, 1.165) is 16.9 Å². The molecule has 0 saturated heterocycles. The van der Waals surface area contributed by atoms with Crippen LogP contribution in [-0.2, 0) is 27.8 Å². The first-order chi connectivity index (χ1) is 18.2. The third kappa shape index (κ3) is 5.89. The topological polar surface area (TPSA) is 124 Å². The van der Waals surface area contributed by atoms with Crippen LogP contribution in [0.3, 0.4) is 0 Å². The lowest BCUT2D eigenvalue weighted by molar-refractivity contribution is -0.384. The van der Waals surface area contributed by atoms with Crippen LogP contribution in [0, 0.1) is 10.1 Å². The lowest BCUT2D eigenvalue weighted by Crippen LogP contribution is -2.30. The predicted octanol–water partition coefficient (Wildman–Crippen LogP) is 4.21. The summed E-state index contributed by atoms with van der Waals surface area (Å²) in [6.07, 6.45) is 0. The molecule has 0 fully saturated rings. The maximum atomic E-state index is 13.2. The number of hydrogen-bond donors (Lipinski definition) is 0. The first-order valence-corrected chi connectivity index (χ1v) is 14.0. The fraction of sp³-hybridized carbons (Fsp3) is 0.231. The third-order valence-corrected chi connectivity index (χ3v) is 8.86. The van der Waals surface area contributed by atoms with Crippen LogP contribution in [0.5, 0.6) is 0 Å². The lowest BCUT2D eigenvalue weighted by atomic mass is 10.2. The summed E-state index contributed by atoms with van der Waals surface area (Å²) in [4.78, 5) is 28.4. The van der Waals surface area contributed by atoms with Crippen LogP contribution in [-0.4, -0.2) is 48.4 Å². The zero-order chi connectivity index (χ0) is 27.3. The van der Waals surface area contributed by atoms with Gasteiger partial charge in [-0.25, -0.2) is 8.42 Å². The number of nitro groups is 1. The number of non-ortho nitro benzene ring substituents is 1. The van der Waals surface area contributed by atoms with Crippen LogP contribution in [0.4, 0.5) is 5.69 Å². The van der Waals surface area contributed by atoms with Gasteiger partial charge in [0.05, 0.1) is 26.6 Å². The van der Waals surface area contributed by atoms with Crippen molar-refractivity contribution in [1.82, 2.24) is 8.87 Å². The molecule has 0 radical (unpaired) electrons. The Hall–Kier alpha value is -3.71. The fourth-order valence-electron chi connectivity index (χ4n) is 3.88. The van der Waals surface area contributed by atoms with Crippen molar-refractivity contribution in [2.75, 3.05) is 20.3 Å². The molecule has 0 N–H and O–H groups in total. The number of ether oxygens (including phenoxy) is 1. The van der Waals surface area contributed by atoms with E-state index in [1.54, 1.807) is 24.7 Å². The number of benzene rings is 3. The van der Waals surface area contributed by atoms with Crippen LogP contribution in [0.2, 0.25) is 0 Å². The average molecular weight is 555 g/mol. The van der Waals surface area contributed by atoms with Gasteiger partial charge in [-0.1, -0.05) is 48.6 Å². The monoisotopic (exact) mass is 554 g/mol. The number of amides is 1. The van der Waals surface area contributed by atoms with E-state index >= 15 is 0 Å². The fourth-order valence-corrected chi connectivity index (χ4v) is 6.41. The highest BCUT2D eigenvalue weighted by molar-refractivity contribution is 7.89. The van der Waals surface area contributed by atoms with Gasteiger partial charge in [0.2, 0.25) is 10.0 Å². The van der Waals surface area contributed by atoms with Crippen molar-refractivity contribution in [3.63, 3.8) is 0 Å². The molecular weight excluding hydrogens is 528 g/mol. The number of carbonyl (C=O) groups excluding carboxylic acids is 1. The number of fused-ring (bicyclic) bond motifs is 1. The van der Waals surface area contributed by atoms with E-state index < -0.39 is 20.9 Å². The van der Waals surface area contributed by atoms with E-state index in [1.807, 2.05) is 30.3 Å².